The fourth-order valence-electron chi connectivity index (χ4n) is 1.62. The number of anilines is 2. The number of aliphatic hydroxyl groups excluding tert-OH is 1. The molecule has 4 N–H and O–H groups in total. The summed E-state index contributed by atoms with van der Waals surface area (Å²) in [5.41, 5.74) is 7.07. The van der Waals surface area contributed by atoms with Crippen molar-refractivity contribution in [1.82, 2.24) is 9.36 Å². The van der Waals surface area contributed by atoms with E-state index in [1.165, 1.54) is 11.5 Å². The zero-order valence-electron chi connectivity index (χ0n) is 11.9. The van der Waals surface area contributed by atoms with E-state index in [9.17, 15) is 5.11 Å². The van der Waals surface area contributed by atoms with Gasteiger partial charge in [-0.2, -0.15) is 4.37 Å². The van der Waals surface area contributed by atoms with Gasteiger partial charge in [0.05, 0.1) is 6.10 Å². The Morgan fingerprint density at radius 1 is 1.30 bits per heavy atom. The molecular formula is C14H20N4OS. The van der Waals surface area contributed by atoms with Crippen LogP contribution in [0.25, 0.3) is 0 Å². The zero-order chi connectivity index (χ0) is 14.8. The van der Waals surface area contributed by atoms with Crippen LogP contribution in [0, 0.1) is 0 Å². The number of hydrogen-bond donors (Lipinski definition) is 3. The largest absolute Gasteiger partial charge is 0.399 e. The maximum absolute atomic E-state index is 10.1. The Kier molecular flexibility index (Phi) is 4.25. The van der Waals surface area contributed by atoms with Crippen molar-refractivity contribution in [2.45, 2.75) is 32.3 Å². The van der Waals surface area contributed by atoms with Gasteiger partial charge in [0, 0.05) is 29.2 Å². The molecule has 2 rings (SSSR count). The molecule has 20 heavy (non-hydrogen) atoms. The number of nitrogens with zero attached hydrogens (tertiary/aromatic N) is 2. The van der Waals surface area contributed by atoms with Crippen molar-refractivity contribution in [2.24, 2.45) is 0 Å². The highest BCUT2D eigenvalue weighted by atomic mass is 32.1. The van der Waals surface area contributed by atoms with Gasteiger partial charge >= 0.3 is 0 Å². The van der Waals surface area contributed by atoms with Crippen LogP contribution >= 0.6 is 11.5 Å². The van der Waals surface area contributed by atoms with E-state index in [1.807, 2.05) is 12.1 Å². The fraction of sp³-hybridized carbons (Fsp3) is 0.429. The van der Waals surface area contributed by atoms with E-state index in [0.717, 1.165) is 16.5 Å². The van der Waals surface area contributed by atoms with Crippen LogP contribution in [0.4, 0.5) is 10.8 Å². The van der Waals surface area contributed by atoms with Gasteiger partial charge in [-0.25, -0.2) is 4.98 Å². The van der Waals surface area contributed by atoms with Crippen LogP contribution in [0.5, 0.6) is 0 Å². The highest BCUT2D eigenvalue weighted by Crippen LogP contribution is 2.23. The van der Waals surface area contributed by atoms with Gasteiger partial charge in [0.1, 0.15) is 5.82 Å². The lowest BCUT2D eigenvalue weighted by Gasteiger charge is -2.13. The molecule has 0 amide bonds. The van der Waals surface area contributed by atoms with Gasteiger partial charge in [0.25, 0.3) is 0 Å². The molecule has 0 aliphatic heterocycles. The number of aromatic nitrogens is 2. The number of nitrogens with one attached hydrogen (secondary N) is 1. The van der Waals surface area contributed by atoms with E-state index in [2.05, 4.69) is 35.4 Å². The first kappa shape index (κ1) is 14.7. The molecule has 0 fully saturated rings. The Morgan fingerprint density at radius 2 is 1.95 bits per heavy atom. The van der Waals surface area contributed by atoms with E-state index in [1.54, 1.807) is 12.1 Å². The molecule has 0 saturated carbocycles. The number of aliphatic hydroxyl groups is 1. The minimum absolute atomic E-state index is 0.0635. The molecular weight excluding hydrogens is 272 g/mol. The second-order valence-corrected chi connectivity index (χ2v) is 6.49. The summed E-state index contributed by atoms with van der Waals surface area (Å²) in [6.07, 6.45) is -0.599. The molecule has 6 heteroatoms. The predicted molar refractivity (Wildman–Crippen MR) is 82.9 cm³/mol. The summed E-state index contributed by atoms with van der Waals surface area (Å²) >= 11 is 1.31. The molecule has 0 saturated heterocycles. The lowest BCUT2D eigenvalue weighted by atomic mass is 9.96. The average Bonchev–Trinajstić information content (AvgIpc) is 2.85. The van der Waals surface area contributed by atoms with Crippen LogP contribution in [0.1, 0.15) is 38.3 Å². The highest BCUT2D eigenvalue weighted by Gasteiger charge is 2.19. The molecule has 0 radical (unpaired) electrons. The summed E-state index contributed by atoms with van der Waals surface area (Å²) in [5.74, 6) is 0.812. The second-order valence-electron chi connectivity index (χ2n) is 5.74. The summed E-state index contributed by atoms with van der Waals surface area (Å²) in [5, 5.41) is 13.9. The monoisotopic (exact) mass is 292 g/mol. The van der Waals surface area contributed by atoms with Crippen LogP contribution in [-0.2, 0) is 5.41 Å². The van der Waals surface area contributed by atoms with Crippen LogP contribution in [-0.4, -0.2) is 21.0 Å². The number of hydrogen-bond acceptors (Lipinski definition) is 6. The van der Waals surface area contributed by atoms with Gasteiger partial charge in [0.15, 0.2) is 0 Å². The first-order valence-electron chi connectivity index (χ1n) is 6.48. The second kappa shape index (κ2) is 5.76. The molecule has 5 nitrogen and oxygen atoms in total. The Balaban J connectivity index is 1.95. The third-order valence-electron chi connectivity index (χ3n) is 2.86. The topological polar surface area (TPSA) is 84.1 Å². The Labute approximate surface area is 123 Å². The zero-order valence-corrected chi connectivity index (χ0v) is 12.7. The van der Waals surface area contributed by atoms with E-state index in [-0.39, 0.29) is 5.41 Å². The summed E-state index contributed by atoms with van der Waals surface area (Å²) in [6, 6.07) is 7.20. The van der Waals surface area contributed by atoms with Crippen molar-refractivity contribution in [3.05, 3.63) is 35.7 Å². The van der Waals surface area contributed by atoms with E-state index in [4.69, 9.17) is 5.73 Å². The van der Waals surface area contributed by atoms with Crippen molar-refractivity contribution < 1.29 is 5.11 Å². The minimum atomic E-state index is -0.599. The lowest BCUT2D eigenvalue weighted by Crippen LogP contribution is -2.14. The van der Waals surface area contributed by atoms with Gasteiger partial charge in [-0.05, 0) is 17.7 Å². The van der Waals surface area contributed by atoms with Crippen molar-refractivity contribution in [3.63, 3.8) is 0 Å². The third-order valence-corrected chi connectivity index (χ3v) is 3.54. The summed E-state index contributed by atoms with van der Waals surface area (Å²) < 4.78 is 4.32. The fourth-order valence-corrected chi connectivity index (χ4v) is 2.38. The number of nitrogen functional groups attached to an aromatic ring is 1. The smallest absolute Gasteiger partial charge is 0.202 e. The number of rotatable bonds is 4. The van der Waals surface area contributed by atoms with E-state index >= 15 is 0 Å². The normalized spacial score (nSPS) is 13.2. The molecule has 2 aromatic rings. The molecule has 108 valence electrons. The Morgan fingerprint density at radius 3 is 2.50 bits per heavy atom. The summed E-state index contributed by atoms with van der Waals surface area (Å²) in [7, 11) is 0. The summed E-state index contributed by atoms with van der Waals surface area (Å²) in [6.45, 7) is 6.61. The molecule has 1 unspecified atom stereocenters. The maximum atomic E-state index is 10.1. The van der Waals surface area contributed by atoms with E-state index < -0.39 is 6.10 Å². The molecule has 1 heterocycles. The average molecular weight is 292 g/mol. The minimum Gasteiger partial charge on any atom is -0.399 e. The molecule has 0 spiro atoms. The Hall–Kier alpha value is -1.66. The van der Waals surface area contributed by atoms with Crippen molar-refractivity contribution in [1.29, 1.82) is 0 Å². The first-order chi connectivity index (χ1) is 9.36. The van der Waals surface area contributed by atoms with Gasteiger partial charge in [-0.3, -0.25) is 0 Å². The van der Waals surface area contributed by atoms with Crippen LogP contribution in [0.2, 0.25) is 0 Å². The van der Waals surface area contributed by atoms with Crippen molar-refractivity contribution in [2.75, 3.05) is 17.6 Å². The predicted octanol–water partition coefficient (Wildman–Crippen LogP) is 2.56. The number of nitrogens with two attached hydrogens (primary N) is 1. The number of benzene rings is 1. The molecule has 0 aliphatic carbocycles. The molecule has 1 aromatic heterocycles. The molecule has 1 atom stereocenters. The van der Waals surface area contributed by atoms with E-state index in [0.29, 0.717) is 12.2 Å². The maximum Gasteiger partial charge on any atom is 0.202 e. The third kappa shape index (κ3) is 3.68. The first-order valence-corrected chi connectivity index (χ1v) is 7.25. The standard InChI is InChI=1S/C14H20N4OS/c1-14(2,3)12-17-13(20-18-12)16-8-11(19)9-4-6-10(15)7-5-9/h4-7,11,19H,8,15H2,1-3H3,(H,16,17,18). The SMILES string of the molecule is CC(C)(C)c1nsc(NCC(O)c2ccc(N)cc2)n1. The highest BCUT2D eigenvalue weighted by molar-refractivity contribution is 7.09. The van der Waals surface area contributed by atoms with Crippen molar-refractivity contribution in [3.8, 4) is 0 Å². The van der Waals surface area contributed by atoms with Gasteiger partial charge < -0.3 is 16.2 Å². The molecule has 1 aromatic carbocycles. The van der Waals surface area contributed by atoms with Gasteiger partial charge in [-0.15, -0.1) is 0 Å². The van der Waals surface area contributed by atoms with Gasteiger partial charge in [0.2, 0.25) is 5.13 Å². The molecule has 0 bridgehead atoms. The Bertz CT molecular complexity index is 559. The molecule has 0 aliphatic rings. The van der Waals surface area contributed by atoms with Crippen LogP contribution < -0.4 is 11.1 Å². The van der Waals surface area contributed by atoms with Crippen LogP contribution in [0.15, 0.2) is 24.3 Å². The van der Waals surface area contributed by atoms with Crippen LogP contribution in [0.3, 0.4) is 0 Å². The van der Waals surface area contributed by atoms with Gasteiger partial charge in [-0.1, -0.05) is 32.9 Å². The summed E-state index contributed by atoms with van der Waals surface area (Å²) in [4.78, 5) is 4.43. The quantitative estimate of drug-likeness (QED) is 0.754. The van der Waals surface area contributed by atoms with Crippen molar-refractivity contribution >= 4 is 22.4 Å². The lowest BCUT2D eigenvalue weighted by molar-refractivity contribution is 0.191.